The third-order valence-corrected chi connectivity index (χ3v) is 4.83. The molecule has 1 unspecified atom stereocenters. The molecule has 21 heavy (non-hydrogen) atoms. The Balaban J connectivity index is 1.71. The van der Waals surface area contributed by atoms with Gasteiger partial charge in [-0.05, 0) is 23.8 Å². The smallest absolute Gasteiger partial charge is 0.0695 e. The highest BCUT2D eigenvalue weighted by Crippen LogP contribution is 2.35. The van der Waals surface area contributed by atoms with Crippen molar-refractivity contribution >= 4 is 0 Å². The van der Waals surface area contributed by atoms with E-state index in [0.717, 1.165) is 12.2 Å². The van der Waals surface area contributed by atoms with Crippen LogP contribution in [0.1, 0.15) is 45.1 Å². The zero-order valence-electron chi connectivity index (χ0n) is 13.0. The molecule has 1 aliphatic carbocycles. The van der Waals surface area contributed by atoms with E-state index in [2.05, 4.69) is 53.6 Å². The van der Waals surface area contributed by atoms with Gasteiger partial charge in [0.05, 0.1) is 11.9 Å². The van der Waals surface area contributed by atoms with Crippen molar-refractivity contribution in [3.05, 3.63) is 42.1 Å². The molecule has 1 aliphatic rings. The first kappa shape index (κ1) is 14.3. The number of H-pyrrole nitrogens is 1. The first-order valence-corrected chi connectivity index (χ1v) is 7.98. The summed E-state index contributed by atoms with van der Waals surface area (Å²) in [5, 5.41) is 11.1. The van der Waals surface area contributed by atoms with E-state index in [0.29, 0.717) is 11.5 Å². The van der Waals surface area contributed by atoms with E-state index in [1.54, 1.807) is 0 Å². The predicted molar refractivity (Wildman–Crippen MR) is 86.9 cm³/mol. The molecular formula is C18H25N3. The molecule has 3 rings (SSSR count). The Kier molecular flexibility index (Phi) is 4.11. The van der Waals surface area contributed by atoms with E-state index < -0.39 is 0 Å². The van der Waals surface area contributed by atoms with Gasteiger partial charge >= 0.3 is 0 Å². The van der Waals surface area contributed by atoms with Crippen molar-refractivity contribution in [2.45, 2.75) is 52.1 Å². The Bertz CT molecular complexity index is 571. The summed E-state index contributed by atoms with van der Waals surface area (Å²) in [6.45, 7) is 5.66. The molecule has 0 amide bonds. The number of rotatable bonds is 4. The third-order valence-electron chi connectivity index (χ3n) is 4.83. The fourth-order valence-electron chi connectivity index (χ4n) is 3.41. The number of benzene rings is 1. The minimum atomic E-state index is 0.398. The van der Waals surface area contributed by atoms with Crippen molar-refractivity contribution in [2.24, 2.45) is 5.41 Å². The fraction of sp³-hybridized carbons (Fsp3) is 0.500. The van der Waals surface area contributed by atoms with E-state index >= 15 is 0 Å². The van der Waals surface area contributed by atoms with Crippen molar-refractivity contribution in [1.29, 1.82) is 0 Å². The van der Waals surface area contributed by atoms with Crippen molar-refractivity contribution in [1.82, 2.24) is 15.5 Å². The van der Waals surface area contributed by atoms with Gasteiger partial charge in [-0.3, -0.25) is 5.10 Å². The van der Waals surface area contributed by atoms with Gasteiger partial charge in [0.15, 0.2) is 0 Å². The van der Waals surface area contributed by atoms with Crippen LogP contribution in [0.4, 0.5) is 0 Å². The monoisotopic (exact) mass is 283 g/mol. The van der Waals surface area contributed by atoms with Crippen LogP contribution in [-0.4, -0.2) is 16.2 Å². The molecule has 1 atom stereocenters. The number of nitrogens with zero attached hydrogens (tertiary/aromatic N) is 1. The molecular weight excluding hydrogens is 258 g/mol. The molecule has 3 nitrogen and oxygen atoms in total. The maximum absolute atomic E-state index is 4.23. The van der Waals surface area contributed by atoms with Gasteiger partial charge in [0, 0.05) is 18.2 Å². The highest BCUT2D eigenvalue weighted by atomic mass is 15.1. The van der Waals surface area contributed by atoms with Gasteiger partial charge < -0.3 is 5.32 Å². The van der Waals surface area contributed by atoms with Gasteiger partial charge in [-0.15, -0.1) is 0 Å². The summed E-state index contributed by atoms with van der Waals surface area (Å²) < 4.78 is 0. The second-order valence-electron chi connectivity index (χ2n) is 6.80. The van der Waals surface area contributed by atoms with Gasteiger partial charge in [-0.25, -0.2) is 0 Å². The summed E-state index contributed by atoms with van der Waals surface area (Å²) >= 11 is 0. The highest BCUT2D eigenvalue weighted by Gasteiger charge is 2.31. The first-order valence-electron chi connectivity index (χ1n) is 7.98. The molecule has 0 bridgehead atoms. The molecule has 0 spiro atoms. The topological polar surface area (TPSA) is 40.7 Å². The molecule has 3 heteroatoms. The summed E-state index contributed by atoms with van der Waals surface area (Å²) in [5.74, 6) is 0. The molecule has 2 aromatic rings. The molecule has 1 saturated carbocycles. The minimum Gasteiger partial charge on any atom is -0.309 e. The molecule has 0 radical (unpaired) electrons. The summed E-state index contributed by atoms with van der Waals surface area (Å²) in [6.07, 6.45) is 7.27. The normalized spacial score (nSPS) is 21.3. The third kappa shape index (κ3) is 3.18. The van der Waals surface area contributed by atoms with Crippen LogP contribution >= 0.6 is 0 Å². The summed E-state index contributed by atoms with van der Waals surface area (Å²) in [7, 11) is 0. The van der Waals surface area contributed by atoms with E-state index in [1.165, 1.54) is 36.8 Å². The quantitative estimate of drug-likeness (QED) is 0.885. The van der Waals surface area contributed by atoms with Gasteiger partial charge in [0.25, 0.3) is 0 Å². The number of aromatic nitrogens is 2. The van der Waals surface area contributed by atoms with E-state index in [-0.39, 0.29) is 0 Å². The molecule has 112 valence electrons. The average molecular weight is 283 g/mol. The van der Waals surface area contributed by atoms with Crippen LogP contribution in [0.5, 0.6) is 0 Å². The zero-order valence-corrected chi connectivity index (χ0v) is 13.0. The minimum absolute atomic E-state index is 0.398. The van der Waals surface area contributed by atoms with Crippen LogP contribution in [0.3, 0.4) is 0 Å². The Labute approximate surface area is 127 Å². The van der Waals surface area contributed by atoms with Gasteiger partial charge in [-0.2, -0.15) is 5.10 Å². The Hall–Kier alpha value is -1.61. The molecule has 1 fully saturated rings. The molecule has 1 aromatic heterocycles. The molecule has 0 aliphatic heterocycles. The van der Waals surface area contributed by atoms with Crippen molar-refractivity contribution in [3.8, 4) is 11.3 Å². The first-order chi connectivity index (χ1) is 10.2. The van der Waals surface area contributed by atoms with Crippen molar-refractivity contribution in [3.63, 3.8) is 0 Å². The van der Waals surface area contributed by atoms with Crippen LogP contribution in [0, 0.1) is 5.41 Å². The molecule has 2 N–H and O–H groups in total. The number of hydrogen-bond donors (Lipinski definition) is 2. The van der Waals surface area contributed by atoms with Gasteiger partial charge in [0.1, 0.15) is 0 Å². The van der Waals surface area contributed by atoms with Crippen LogP contribution in [0.15, 0.2) is 36.5 Å². The van der Waals surface area contributed by atoms with Gasteiger partial charge in [-0.1, -0.05) is 57.0 Å². The lowest BCUT2D eigenvalue weighted by atomic mass is 9.73. The fourth-order valence-corrected chi connectivity index (χ4v) is 3.41. The highest BCUT2D eigenvalue weighted by molar-refractivity contribution is 5.62. The lowest BCUT2D eigenvalue weighted by molar-refractivity contribution is 0.167. The largest absolute Gasteiger partial charge is 0.309 e. The second-order valence-corrected chi connectivity index (χ2v) is 6.80. The Morgan fingerprint density at radius 1 is 1.24 bits per heavy atom. The zero-order chi connectivity index (χ0) is 14.7. The lowest BCUT2D eigenvalue weighted by Gasteiger charge is -2.39. The van der Waals surface area contributed by atoms with Crippen LogP contribution in [-0.2, 0) is 6.54 Å². The average Bonchev–Trinajstić information content (AvgIpc) is 2.95. The van der Waals surface area contributed by atoms with E-state index in [4.69, 9.17) is 0 Å². The summed E-state index contributed by atoms with van der Waals surface area (Å²) in [5.41, 5.74) is 3.99. The van der Waals surface area contributed by atoms with Crippen molar-refractivity contribution in [2.75, 3.05) is 0 Å². The second kappa shape index (κ2) is 6.02. The number of nitrogens with one attached hydrogen (secondary N) is 2. The predicted octanol–water partition coefficient (Wildman–Crippen LogP) is 4.14. The van der Waals surface area contributed by atoms with Crippen LogP contribution in [0.2, 0.25) is 0 Å². The Morgan fingerprint density at radius 2 is 2.05 bits per heavy atom. The lowest BCUT2D eigenvalue weighted by Crippen LogP contribution is -2.43. The maximum Gasteiger partial charge on any atom is 0.0695 e. The molecule has 0 saturated heterocycles. The Morgan fingerprint density at radius 3 is 2.81 bits per heavy atom. The van der Waals surface area contributed by atoms with E-state index in [1.807, 2.05) is 12.3 Å². The number of aromatic amines is 1. The van der Waals surface area contributed by atoms with Crippen LogP contribution < -0.4 is 5.32 Å². The van der Waals surface area contributed by atoms with Crippen LogP contribution in [0.25, 0.3) is 11.3 Å². The SMILES string of the molecule is CC1(C)CCCCC1NCc1cn[nH]c1-c1ccccc1. The van der Waals surface area contributed by atoms with Gasteiger partial charge in [0.2, 0.25) is 0 Å². The molecule has 1 aromatic carbocycles. The molecule has 1 heterocycles. The standard InChI is InChI=1S/C18H25N3/c1-18(2)11-7-6-10-16(18)19-12-15-13-20-21-17(15)14-8-4-3-5-9-14/h3-5,8-9,13,16,19H,6-7,10-12H2,1-2H3,(H,20,21). The number of hydrogen-bond acceptors (Lipinski definition) is 2. The maximum atomic E-state index is 4.23. The summed E-state index contributed by atoms with van der Waals surface area (Å²) in [4.78, 5) is 0. The van der Waals surface area contributed by atoms with Crippen molar-refractivity contribution < 1.29 is 0 Å². The van der Waals surface area contributed by atoms with E-state index in [9.17, 15) is 0 Å². The summed E-state index contributed by atoms with van der Waals surface area (Å²) in [6, 6.07) is 11.0.